The summed E-state index contributed by atoms with van der Waals surface area (Å²) in [5, 5.41) is 7.09. The minimum absolute atomic E-state index is 0.0857. The Bertz CT molecular complexity index is 587. The van der Waals surface area contributed by atoms with Gasteiger partial charge in [0.05, 0.1) is 0 Å². The van der Waals surface area contributed by atoms with Gasteiger partial charge in [-0.05, 0) is 50.2 Å². The number of nitrogens with zero attached hydrogens (tertiary/aromatic N) is 1. The van der Waals surface area contributed by atoms with Crippen LogP contribution in [0, 0.1) is 0 Å². The highest BCUT2D eigenvalue weighted by molar-refractivity contribution is 5.94. The maximum absolute atomic E-state index is 12.7. The number of nitrogens with one attached hydrogen (secondary N) is 2. The number of piperidine rings is 1. The van der Waals surface area contributed by atoms with Crippen molar-refractivity contribution in [2.24, 2.45) is 0 Å². The van der Waals surface area contributed by atoms with Crippen LogP contribution < -0.4 is 15.5 Å². The predicted octanol–water partition coefficient (Wildman–Crippen LogP) is 2.82. The van der Waals surface area contributed by atoms with E-state index in [0.29, 0.717) is 12.1 Å². The lowest BCUT2D eigenvalue weighted by atomic mass is 9.85. The molecule has 3 atom stereocenters. The number of carbonyl (C=O) groups is 1. The molecular formula is C18H25N3O. The fourth-order valence-corrected chi connectivity index (χ4v) is 4.60. The lowest BCUT2D eigenvalue weighted by molar-refractivity contribution is 0.209. The Hall–Kier alpha value is -1.55. The van der Waals surface area contributed by atoms with Crippen LogP contribution in [0.15, 0.2) is 24.3 Å². The summed E-state index contributed by atoms with van der Waals surface area (Å²) in [7, 11) is 0. The molecule has 0 aromatic heterocycles. The molecule has 3 aliphatic rings. The minimum atomic E-state index is 0.0857. The molecule has 3 heterocycles. The quantitative estimate of drug-likeness (QED) is 0.882. The second-order valence-electron chi connectivity index (χ2n) is 7.13. The van der Waals surface area contributed by atoms with Crippen molar-refractivity contribution in [2.75, 3.05) is 11.4 Å². The van der Waals surface area contributed by atoms with E-state index in [-0.39, 0.29) is 11.6 Å². The van der Waals surface area contributed by atoms with Crippen molar-refractivity contribution in [3.63, 3.8) is 0 Å². The summed E-state index contributed by atoms with van der Waals surface area (Å²) in [6, 6.07) is 9.24. The van der Waals surface area contributed by atoms with E-state index in [4.69, 9.17) is 0 Å². The average molecular weight is 299 g/mol. The highest BCUT2D eigenvalue weighted by atomic mass is 16.2. The highest BCUT2D eigenvalue weighted by Gasteiger charge is 2.44. The van der Waals surface area contributed by atoms with Gasteiger partial charge in [0.25, 0.3) is 0 Å². The van der Waals surface area contributed by atoms with Crippen LogP contribution >= 0.6 is 0 Å². The second kappa shape index (κ2) is 5.27. The van der Waals surface area contributed by atoms with Gasteiger partial charge in [-0.1, -0.05) is 25.1 Å². The summed E-state index contributed by atoms with van der Waals surface area (Å²) < 4.78 is 0. The van der Waals surface area contributed by atoms with Crippen LogP contribution in [-0.2, 0) is 6.42 Å². The van der Waals surface area contributed by atoms with Crippen molar-refractivity contribution in [1.82, 2.24) is 10.6 Å². The topological polar surface area (TPSA) is 44.4 Å². The van der Waals surface area contributed by atoms with E-state index in [1.54, 1.807) is 0 Å². The molecule has 0 aliphatic carbocycles. The zero-order valence-electron chi connectivity index (χ0n) is 13.3. The van der Waals surface area contributed by atoms with E-state index < -0.39 is 0 Å². The zero-order chi connectivity index (χ0) is 15.2. The molecule has 2 fully saturated rings. The minimum Gasteiger partial charge on any atom is -0.335 e. The monoisotopic (exact) mass is 299 g/mol. The SMILES string of the molecule is CCC12CCC(CC(NC(=O)N3CCc4ccccc43)C1)N2. The fraction of sp³-hybridized carbons (Fsp3) is 0.611. The third kappa shape index (κ3) is 2.30. The van der Waals surface area contributed by atoms with Gasteiger partial charge in [0.1, 0.15) is 0 Å². The Morgan fingerprint density at radius 1 is 1.45 bits per heavy atom. The van der Waals surface area contributed by atoms with E-state index >= 15 is 0 Å². The van der Waals surface area contributed by atoms with Crippen LogP contribution in [0.1, 0.15) is 44.6 Å². The largest absolute Gasteiger partial charge is 0.335 e. The van der Waals surface area contributed by atoms with Crippen LogP contribution in [0.4, 0.5) is 10.5 Å². The van der Waals surface area contributed by atoms with Crippen molar-refractivity contribution in [1.29, 1.82) is 0 Å². The molecule has 3 unspecified atom stereocenters. The Kier molecular flexibility index (Phi) is 3.37. The maximum atomic E-state index is 12.7. The highest BCUT2D eigenvalue weighted by Crippen LogP contribution is 2.38. The number of carbonyl (C=O) groups excluding carboxylic acids is 1. The number of urea groups is 1. The number of hydrogen-bond donors (Lipinski definition) is 2. The number of anilines is 1. The molecule has 2 saturated heterocycles. The number of para-hydroxylation sites is 1. The molecule has 118 valence electrons. The average Bonchev–Trinajstić information content (AvgIpc) is 3.09. The van der Waals surface area contributed by atoms with Gasteiger partial charge < -0.3 is 10.6 Å². The first kappa shape index (κ1) is 14.1. The maximum Gasteiger partial charge on any atom is 0.322 e. The summed E-state index contributed by atoms with van der Waals surface area (Å²) >= 11 is 0. The van der Waals surface area contributed by atoms with Crippen molar-refractivity contribution in [3.8, 4) is 0 Å². The molecule has 2 N–H and O–H groups in total. The normalized spacial score (nSPS) is 32.9. The number of amides is 2. The van der Waals surface area contributed by atoms with Gasteiger partial charge in [-0.2, -0.15) is 0 Å². The van der Waals surface area contributed by atoms with Crippen LogP contribution in [0.2, 0.25) is 0 Å². The summed E-state index contributed by atoms with van der Waals surface area (Å²) in [6.07, 6.45) is 6.78. The van der Waals surface area contributed by atoms with Gasteiger partial charge in [-0.15, -0.1) is 0 Å². The van der Waals surface area contributed by atoms with Gasteiger partial charge in [-0.25, -0.2) is 4.79 Å². The van der Waals surface area contributed by atoms with Crippen LogP contribution in [0.3, 0.4) is 0 Å². The smallest absolute Gasteiger partial charge is 0.322 e. The van der Waals surface area contributed by atoms with Crippen molar-refractivity contribution < 1.29 is 4.79 Å². The first-order valence-corrected chi connectivity index (χ1v) is 8.63. The molecule has 22 heavy (non-hydrogen) atoms. The molecule has 0 radical (unpaired) electrons. The molecule has 4 rings (SSSR count). The van der Waals surface area contributed by atoms with Gasteiger partial charge >= 0.3 is 6.03 Å². The molecule has 0 saturated carbocycles. The second-order valence-corrected chi connectivity index (χ2v) is 7.13. The lowest BCUT2D eigenvalue weighted by Crippen LogP contribution is -2.56. The molecule has 2 bridgehead atoms. The summed E-state index contributed by atoms with van der Waals surface area (Å²) in [6.45, 7) is 3.06. The van der Waals surface area contributed by atoms with E-state index in [9.17, 15) is 4.79 Å². The van der Waals surface area contributed by atoms with Crippen molar-refractivity contribution in [3.05, 3.63) is 29.8 Å². The molecular weight excluding hydrogens is 274 g/mol. The van der Waals surface area contributed by atoms with Crippen molar-refractivity contribution in [2.45, 2.75) is 63.1 Å². The molecule has 4 heteroatoms. The Morgan fingerprint density at radius 2 is 2.32 bits per heavy atom. The zero-order valence-corrected chi connectivity index (χ0v) is 13.3. The van der Waals surface area contributed by atoms with Crippen LogP contribution in [0.25, 0.3) is 0 Å². The van der Waals surface area contributed by atoms with E-state index in [1.807, 2.05) is 11.0 Å². The van der Waals surface area contributed by atoms with Gasteiger partial charge in [0.15, 0.2) is 0 Å². The number of hydrogen-bond acceptors (Lipinski definition) is 2. The number of benzene rings is 1. The molecule has 2 amide bonds. The first-order valence-electron chi connectivity index (χ1n) is 8.63. The standard InChI is InChI=1S/C18H25N3O/c1-2-18-9-7-14(20-18)11-15(12-18)19-17(22)21-10-8-13-5-3-4-6-16(13)21/h3-6,14-15,20H,2,7-12H2,1H3,(H,19,22). The molecule has 3 aliphatic heterocycles. The summed E-state index contributed by atoms with van der Waals surface area (Å²) in [4.78, 5) is 14.6. The molecule has 1 aromatic rings. The molecule has 0 spiro atoms. The van der Waals surface area contributed by atoms with Gasteiger partial charge in [0, 0.05) is 29.9 Å². The van der Waals surface area contributed by atoms with Crippen LogP contribution in [0.5, 0.6) is 0 Å². The van der Waals surface area contributed by atoms with E-state index in [0.717, 1.165) is 37.9 Å². The third-order valence-corrected chi connectivity index (χ3v) is 5.82. The Balaban J connectivity index is 1.45. The Morgan fingerprint density at radius 3 is 3.18 bits per heavy atom. The van der Waals surface area contributed by atoms with Gasteiger partial charge in [-0.3, -0.25) is 4.90 Å². The van der Waals surface area contributed by atoms with E-state index in [2.05, 4.69) is 35.8 Å². The molecule has 4 nitrogen and oxygen atoms in total. The summed E-state index contributed by atoms with van der Waals surface area (Å²) in [5.41, 5.74) is 2.64. The predicted molar refractivity (Wildman–Crippen MR) is 88.2 cm³/mol. The first-order chi connectivity index (χ1) is 10.7. The van der Waals surface area contributed by atoms with Crippen molar-refractivity contribution >= 4 is 11.7 Å². The third-order valence-electron chi connectivity index (χ3n) is 5.82. The number of fused-ring (bicyclic) bond motifs is 3. The Labute approximate surface area is 132 Å². The fourth-order valence-electron chi connectivity index (χ4n) is 4.60. The van der Waals surface area contributed by atoms with E-state index in [1.165, 1.54) is 18.4 Å². The van der Waals surface area contributed by atoms with Crippen LogP contribution in [-0.4, -0.2) is 30.2 Å². The molecule has 1 aromatic carbocycles. The number of rotatable bonds is 2. The lowest BCUT2D eigenvalue weighted by Gasteiger charge is -2.39. The van der Waals surface area contributed by atoms with Gasteiger partial charge in [0.2, 0.25) is 0 Å². The summed E-state index contributed by atoms with van der Waals surface area (Å²) in [5.74, 6) is 0.